The molecular weight excluding hydrogens is 249 g/mol. The zero-order valence-electron chi connectivity index (χ0n) is 10.2. The molecule has 0 saturated carbocycles. The van der Waals surface area contributed by atoms with E-state index < -0.39 is 17.8 Å². The second-order valence-electron chi connectivity index (χ2n) is 4.09. The average molecular weight is 263 g/mol. The summed E-state index contributed by atoms with van der Waals surface area (Å²) in [6, 6.07) is 5.32. The molecule has 0 radical (unpaired) electrons. The van der Waals surface area contributed by atoms with Crippen molar-refractivity contribution < 1.29 is 13.9 Å². The standard InChI is InChI=1S/C13H14FN3O2/c14-11-4-2-1-3-9(11)7-19-13(18)12(15)5-10-6-16-8-17-10/h1-4,6,8,12H,5,7,15H2,(H,16,17)/t12-/m0/s1. The molecule has 3 N–H and O–H groups in total. The molecule has 2 aromatic rings. The minimum atomic E-state index is -0.799. The highest BCUT2D eigenvalue weighted by molar-refractivity contribution is 5.75. The molecule has 0 saturated heterocycles. The van der Waals surface area contributed by atoms with Crippen molar-refractivity contribution in [1.29, 1.82) is 0 Å². The minimum absolute atomic E-state index is 0.123. The molecule has 1 aromatic carbocycles. The molecule has 0 spiro atoms. The third-order valence-electron chi connectivity index (χ3n) is 2.63. The molecular formula is C13H14FN3O2. The van der Waals surface area contributed by atoms with Crippen LogP contribution in [0.5, 0.6) is 0 Å². The average Bonchev–Trinajstić information content (AvgIpc) is 2.90. The van der Waals surface area contributed by atoms with Gasteiger partial charge in [-0.05, 0) is 6.07 Å². The lowest BCUT2D eigenvalue weighted by molar-refractivity contribution is -0.146. The summed E-state index contributed by atoms with van der Waals surface area (Å²) in [4.78, 5) is 18.3. The van der Waals surface area contributed by atoms with E-state index in [1.807, 2.05) is 0 Å². The number of aromatic nitrogens is 2. The number of nitrogens with one attached hydrogen (secondary N) is 1. The third kappa shape index (κ3) is 3.62. The Morgan fingerprint density at radius 3 is 2.95 bits per heavy atom. The lowest BCUT2D eigenvalue weighted by Gasteiger charge is -2.11. The number of halogens is 1. The van der Waals surface area contributed by atoms with Crippen LogP contribution in [0.4, 0.5) is 4.39 Å². The highest BCUT2D eigenvalue weighted by Crippen LogP contribution is 2.08. The monoisotopic (exact) mass is 263 g/mol. The first-order chi connectivity index (χ1) is 9.16. The van der Waals surface area contributed by atoms with Crippen LogP contribution in [0.3, 0.4) is 0 Å². The van der Waals surface area contributed by atoms with E-state index in [0.717, 1.165) is 5.69 Å². The molecule has 6 heteroatoms. The smallest absolute Gasteiger partial charge is 0.323 e. The Bertz CT molecular complexity index is 543. The van der Waals surface area contributed by atoms with Crippen LogP contribution in [0.25, 0.3) is 0 Å². The fraction of sp³-hybridized carbons (Fsp3) is 0.231. The van der Waals surface area contributed by atoms with Gasteiger partial charge in [-0.25, -0.2) is 9.37 Å². The van der Waals surface area contributed by atoms with Crippen LogP contribution in [-0.4, -0.2) is 22.0 Å². The molecule has 19 heavy (non-hydrogen) atoms. The van der Waals surface area contributed by atoms with Crippen molar-refractivity contribution >= 4 is 5.97 Å². The van der Waals surface area contributed by atoms with Gasteiger partial charge >= 0.3 is 5.97 Å². The van der Waals surface area contributed by atoms with Gasteiger partial charge in [-0.1, -0.05) is 18.2 Å². The first-order valence-electron chi connectivity index (χ1n) is 5.79. The predicted molar refractivity (Wildman–Crippen MR) is 66.5 cm³/mol. The lowest BCUT2D eigenvalue weighted by atomic mass is 10.2. The Hall–Kier alpha value is -2.21. The fourth-order valence-corrected chi connectivity index (χ4v) is 1.59. The molecule has 1 aromatic heterocycles. The van der Waals surface area contributed by atoms with Gasteiger partial charge in [0.2, 0.25) is 0 Å². The Morgan fingerprint density at radius 2 is 2.26 bits per heavy atom. The number of benzene rings is 1. The van der Waals surface area contributed by atoms with Crippen LogP contribution >= 0.6 is 0 Å². The topological polar surface area (TPSA) is 81.0 Å². The van der Waals surface area contributed by atoms with E-state index in [9.17, 15) is 9.18 Å². The van der Waals surface area contributed by atoms with E-state index in [1.54, 1.807) is 24.4 Å². The van der Waals surface area contributed by atoms with Gasteiger partial charge in [-0.2, -0.15) is 0 Å². The Balaban J connectivity index is 1.86. The summed E-state index contributed by atoms with van der Waals surface area (Å²) < 4.78 is 18.3. The zero-order valence-corrected chi connectivity index (χ0v) is 10.2. The van der Waals surface area contributed by atoms with Gasteiger partial charge in [0.25, 0.3) is 0 Å². The Morgan fingerprint density at radius 1 is 1.47 bits per heavy atom. The molecule has 0 amide bonds. The van der Waals surface area contributed by atoms with Crippen molar-refractivity contribution in [2.45, 2.75) is 19.1 Å². The first kappa shape index (κ1) is 13.2. The van der Waals surface area contributed by atoms with Gasteiger partial charge < -0.3 is 15.5 Å². The van der Waals surface area contributed by atoms with Gasteiger partial charge in [0, 0.05) is 23.9 Å². The molecule has 0 fully saturated rings. The number of H-pyrrole nitrogens is 1. The third-order valence-corrected chi connectivity index (χ3v) is 2.63. The van der Waals surface area contributed by atoms with E-state index in [0.29, 0.717) is 12.0 Å². The summed E-state index contributed by atoms with van der Waals surface area (Å²) in [6.07, 6.45) is 3.40. The van der Waals surface area contributed by atoms with Crippen LogP contribution in [0.2, 0.25) is 0 Å². The van der Waals surface area contributed by atoms with Crippen molar-refractivity contribution in [2.24, 2.45) is 5.73 Å². The predicted octanol–water partition coefficient (Wildman–Crippen LogP) is 1.16. The van der Waals surface area contributed by atoms with E-state index in [2.05, 4.69) is 9.97 Å². The Kier molecular flexibility index (Phi) is 4.25. The summed E-state index contributed by atoms with van der Waals surface area (Å²) in [6.45, 7) is -0.123. The number of nitrogens with zero attached hydrogens (tertiary/aromatic N) is 1. The van der Waals surface area contributed by atoms with Crippen molar-refractivity contribution in [3.63, 3.8) is 0 Å². The molecule has 1 atom stereocenters. The highest BCUT2D eigenvalue weighted by Gasteiger charge is 2.17. The van der Waals surface area contributed by atoms with Gasteiger partial charge in [-0.3, -0.25) is 4.79 Å². The van der Waals surface area contributed by atoms with E-state index in [-0.39, 0.29) is 6.61 Å². The number of carbonyl (C=O) groups excluding carboxylic acids is 1. The molecule has 0 aliphatic carbocycles. The maximum Gasteiger partial charge on any atom is 0.323 e. The van der Waals surface area contributed by atoms with Crippen molar-refractivity contribution in [1.82, 2.24) is 9.97 Å². The summed E-state index contributed by atoms with van der Waals surface area (Å²) in [5.41, 5.74) is 6.76. The normalized spacial score (nSPS) is 12.1. The first-order valence-corrected chi connectivity index (χ1v) is 5.79. The molecule has 0 bridgehead atoms. The van der Waals surface area contributed by atoms with Gasteiger partial charge in [0.15, 0.2) is 0 Å². The number of hydrogen-bond donors (Lipinski definition) is 2. The van der Waals surface area contributed by atoms with Gasteiger partial charge in [0.05, 0.1) is 6.33 Å². The van der Waals surface area contributed by atoms with Gasteiger partial charge in [-0.15, -0.1) is 0 Å². The molecule has 0 unspecified atom stereocenters. The summed E-state index contributed by atoms with van der Waals surface area (Å²) in [7, 11) is 0. The van der Waals surface area contributed by atoms with Gasteiger partial charge in [0.1, 0.15) is 18.5 Å². The number of hydrogen-bond acceptors (Lipinski definition) is 4. The van der Waals surface area contributed by atoms with Crippen molar-refractivity contribution in [3.05, 3.63) is 53.9 Å². The second kappa shape index (κ2) is 6.10. The molecule has 2 rings (SSSR count). The number of nitrogens with two attached hydrogens (primary N) is 1. The maximum absolute atomic E-state index is 13.3. The van der Waals surface area contributed by atoms with E-state index in [1.165, 1.54) is 12.4 Å². The largest absolute Gasteiger partial charge is 0.460 e. The number of imidazole rings is 1. The van der Waals surface area contributed by atoms with Crippen molar-refractivity contribution in [3.8, 4) is 0 Å². The number of ether oxygens (including phenoxy) is 1. The second-order valence-corrected chi connectivity index (χ2v) is 4.09. The van der Waals surface area contributed by atoms with E-state index >= 15 is 0 Å². The Labute approximate surface area is 109 Å². The lowest BCUT2D eigenvalue weighted by Crippen LogP contribution is -2.34. The highest BCUT2D eigenvalue weighted by atomic mass is 19.1. The number of rotatable bonds is 5. The number of esters is 1. The SMILES string of the molecule is N[C@@H](Cc1cnc[nH]1)C(=O)OCc1ccccc1F. The fourth-order valence-electron chi connectivity index (χ4n) is 1.59. The minimum Gasteiger partial charge on any atom is -0.460 e. The van der Waals surface area contributed by atoms with Crippen LogP contribution in [-0.2, 0) is 22.6 Å². The number of carbonyl (C=O) groups is 1. The van der Waals surface area contributed by atoms with E-state index in [4.69, 9.17) is 10.5 Å². The summed E-state index contributed by atoms with van der Waals surface area (Å²) >= 11 is 0. The molecule has 100 valence electrons. The molecule has 5 nitrogen and oxygen atoms in total. The van der Waals surface area contributed by atoms with Crippen LogP contribution < -0.4 is 5.73 Å². The summed E-state index contributed by atoms with van der Waals surface area (Å²) in [5.74, 6) is -0.977. The maximum atomic E-state index is 13.3. The van der Waals surface area contributed by atoms with Crippen molar-refractivity contribution in [2.75, 3.05) is 0 Å². The molecule has 0 aliphatic rings. The zero-order chi connectivity index (χ0) is 13.7. The quantitative estimate of drug-likeness (QED) is 0.793. The number of aromatic amines is 1. The van der Waals surface area contributed by atoms with Crippen LogP contribution in [0.1, 0.15) is 11.3 Å². The van der Waals surface area contributed by atoms with Crippen LogP contribution in [0, 0.1) is 5.82 Å². The molecule has 1 heterocycles. The molecule has 0 aliphatic heterocycles. The summed E-state index contributed by atoms with van der Waals surface area (Å²) in [5, 5.41) is 0. The van der Waals surface area contributed by atoms with Crippen LogP contribution in [0.15, 0.2) is 36.8 Å².